The van der Waals surface area contributed by atoms with Gasteiger partial charge >= 0.3 is 0 Å². The molecule has 1 aliphatic rings. The number of ether oxygens (including phenoxy) is 1. The van der Waals surface area contributed by atoms with E-state index in [0.717, 1.165) is 36.0 Å². The van der Waals surface area contributed by atoms with Crippen LogP contribution in [0.2, 0.25) is 0 Å². The molecule has 0 aliphatic carbocycles. The molecule has 1 atom stereocenters. The van der Waals surface area contributed by atoms with Gasteiger partial charge < -0.3 is 4.74 Å². The Morgan fingerprint density at radius 2 is 1.79 bits per heavy atom. The molecule has 1 aliphatic heterocycles. The van der Waals surface area contributed by atoms with Crippen molar-refractivity contribution in [2.45, 2.75) is 25.6 Å². The maximum Gasteiger partial charge on any atom is 0.267 e. The highest BCUT2D eigenvalue weighted by atomic mass is 16.8. The summed E-state index contributed by atoms with van der Waals surface area (Å²) in [4.78, 5) is 16.9. The number of carbonyl (C=O) groups is 1. The number of benzene rings is 2. The van der Waals surface area contributed by atoms with Crippen LogP contribution in [0.5, 0.6) is 0 Å². The fourth-order valence-corrected chi connectivity index (χ4v) is 2.80. The lowest BCUT2D eigenvalue weighted by molar-refractivity contribution is -0.198. The Labute approximate surface area is 164 Å². The smallest absolute Gasteiger partial charge is 0.267 e. The lowest BCUT2D eigenvalue weighted by atomic mass is 10.0. The number of nitriles is 1. The lowest BCUT2D eigenvalue weighted by Gasteiger charge is -2.21. The van der Waals surface area contributed by atoms with Crippen LogP contribution in [0.3, 0.4) is 0 Å². The van der Waals surface area contributed by atoms with Gasteiger partial charge in [0.1, 0.15) is 0 Å². The van der Waals surface area contributed by atoms with E-state index < -0.39 is 0 Å². The molecule has 0 bridgehead atoms. The number of allylic oxidation sites excluding steroid dienone is 2. The average molecular weight is 374 g/mol. The molecule has 1 amide bonds. The number of nitrogens with zero attached hydrogens (tertiary/aromatic N) is 1. The van der Waals surface area contributed by atoms with Crippen molar-refractivity contribution in [1.82, 2.24) is 5.48 Å². The minimum absolute atomic E-state index is 0.324. The highest BCUT2D eigenvalue weighted by Crippen LogP contribution is 2.20. The summed E-state index contributed by atoms with van der Waals surface area (Å²) in [5.41, 5.74) is 6.20. The first-order valence-electron chi connectivity index (χ1n) is 9.27. The molecule has 28 heavy (non-hydrogen) atoms. The van der Waals surface area contributed by atoms with E-state index >= 15 is 0 Å². The van der Waals surface area contributed by atoms with E-state index in [1.165, 1.54) is 6.08 Å². The van der Waals surface area contributed by atoms with Crippen LogP contribution in [0.4, 0.5) is 0 Å². The summed E-state index contributed by atoms with van der Waals surface area (Å²) in [6.07, 6.45) is 9.30. The first-order chi connectivity index (χ1) is 13.7. The maximum absolute atomic E-state index is 11.7. The highest BCUT2D eigenvalue weighted by Gasteiger charge is 2.14. The summed E-state index contributed by atoms with van der Waals surface area (Å²) in [5.74, 6) is -0.324. The molecular weight excluding hydrogens is 352 g/mol. The van der Waals surface area contributed by atoms with Crippen LogP contribution in [-0.4, -0.2) is 18.8 Å². The summed E-state index contributed by atoms with van der Waals surface area (Å²) in [6, 6.07) is 17.7. The van der Waals surface area contributed by atoms with Crippen molar-refractivity contribution in [3.63, 3.8) is 0 Å². The zero-order valence-corrected chi connectivity index (χ0v) is 15.5. The molecule has 1 saturated heterocycles. The zero-order valence-electron chi connectivity index (χ0n) is 15.5. The fraction of sp³-hybridized carbons (Fsp3) is 0.217. The number of rotatable bonds is 6. The van der Waals surface area contributed by atoms with Gasteiger partial charge in [0.2, 0.25) is 0 Å². The van der Waals surface area contributed by atoms with Crippen LogP contribution in [0, 0.1) is 11.3 Å². The molecule has 142 valence electrons. The molecule has 5 heteroatoms. The van der Waals surface area contributed by atoms with Crippen LogP contribution < -0.4 is 5.48 Å². The van der Waals surface area contributed by atoms with Gasteiger partial charge in [-0.2, -0.15) is 5.26 Å². The number of hydrogen-bond donors (Lipinski definition) is 1. The van der Waals surface area contributed by atoms with Crippen LogP contribution in [0.1, 0.15) is 30.4 Å². The lowest BCUT2D eigenvalue weighted by Crippen LogP contribution is -2.32. The molecule has 1 fully saturated rings. The van der Waals surface area contributed by atoms with Gasteiger partial charge in [0.15, 0.2) is 6.29 Å². The van der Waals surface area contributed by atoms with Crippen molar-refractivity contribution in [3.8, 4) is 17.2 Å². The highest BCUT2D eigenvalue weighted by molar-refractivity contribution is 5.87. The Hall–Kier alpha value is -3.20. The third-order valence-electron chi connectivity index (χ3n) is 4.33. The molecule has 2 aromatic carbocycles. The number of amides is 1. The van der Waals surface area contributed by atoms with Crippen molar-refractivity contribution in [2.24, 2.45) is 0 Å². The topological polar surface area (TPSA) is 71.4 Å². The average Bonchev–Trinajstić information content (AvgIpc) is 2.76. The second-order valence-electron chi connectivity index (χ2n) is 6.41. The van der Waals surface area contributed by atoms with E-state index in [4.69, 9.17) is 14.8 Å². The monoisotopic (exact) mass is 374 g/mol. The van der Waals surface area contributed by atoms with Gasteiger partial charge in [-0.3, -0.25) is 4.79 Å². The van der Waals surface area contributed by atoms with Crippen molar-refractivity contribution >= 4 is 12.0 Å². The van der Waals surface area contributed by atoms with Crippen LogP contribution in [0.15, 0.2) is 66.8 Å². The minimum Gasteiger partial charge on any atom is -0.350 e. The zero-order chi connectivity index (χ0) is 19.6. The Balaban J connectivity index is 1.47. The normalized spacial score (nSPS) is 16.9. The summed E-state index contributed by atoms with van der Waals surface area (Å²) in [6.45, 7) is 0.670. The van der Waals surface area contributed by atoms with Gasteiger partial charge in [0.25, 0.3) is 5.91 Å². The Bertz CT molecular complexity index is 872. The van der Waals surface area contributed by atoms with Crippen LogP contribution in [0.25, 0.3) is 17.2 Å². The molecular formula is C23H22N2O3. The van der Waals surface area contributed by atoms with Gasteiger partial charge in [-0.15, -0.1) is 0 Å². The molecule has 1 unspecified atom stereocenters. The van der Waals surface area contributed by atoms with Gasteiger partial charge in [-0.25, -0.2) is 10.3 Å². The van der Waals surface area contributed by atoms with Crippen molar-refractivity contribution in [1.29, 1.82) is 5.26 Å². The molecule has 0 aromatic heterocycles. The quantitative estimate of drug-likeness (QED) is 0.463. The third-order valence-corrected chi connectivity index (χ3v) is 4.33. The van der Waals surface area contributed by atoms with E-state index in [2.05, 4.69) is 11.5 Å². The van der Waals surface area contributed by atoms with Crippen LogP contribution in [-0.2, 0) is 14.4 Å². The van der Waals surface area contributed by atoms with Gasteiger partial charge in [0, 0.05) is 19.1 Å². The summed E-state index contributed by atoms with van der Waals surface area (Å²) in [7, 11) is 0. The molecule has 5 nitrogen and oxygen atoms in total. The predicted molar refractivity (Wildman–Crippen MR) is 108 cm³/mol. The summed E-state index contributed by atoms with van der Waals surface area (Å²) >= 11 is 0. The largest absolute Gasteiger partial charge is 0.350 e. The van der Waals surface area contributed by atoms with Crippen molar-refractivity contribution in [2.75, 3.05) is 6.61 Å². The van der Waals surface area contributed by atoms with Crippen molar-refractivity contribution in [3.05, 3.63) is 77.9 Å². The molecule has 0 saturated carbocycles. The van der Waals surface area contributed by atoms with E-state index in [1.807, 2.05) is 54.6 Å². The molecule has 3 rings (SSSR count). The minimum atomic E-state index is -0.351. The third kappa shape index (κ3) is 5.92. The number of nitrogens with one attached hydrogen (secondary N) is 1. The first kappa shape index (κ1) is 19.6. The van der Waals surface area contributed by atoms with Crippen molar-refractivity contribution < 1.29 is 14.4 Å². The first-order valence-corrected chi connectivity index (χ1v) is 9.27. The van der Waals surface area contributed by atoms with Gasteiger partial charge in [0.05, 0.1) is 11.6 Å². The van der Waals surface area contributed by atoms with Gasteiger partial charge in [-0.05, 0) is 41.7 Å². The van der Waals surface area contributed by atoms with E-state index in [1.54, 1.807) is 12.2 Å². The Morgan fingerprint density at radius 1 is 1.07 bits per heavy atom. The molecule has 0 spiro atoms. The van der Waals surface area contributed by atoms with E-state index in [-0.39, 0.29) is 12.2 Å². The van der Waals surface area contributed by atoms with E-state index in [0.29, 0.717) is 12.2 Å². The fourth-order valence-electron chi connectivity index (χ4n) is 2.80. The summed E-state index contributed by atoms with van der Waals surface area (Å²) < 4.78 is 5.38. The SMILES string of the molecule is N#Cc1ccc(-c2ccc(/C=C/C=C/C(=O)NOC3CCCCO3)cc2)cc1. The second-order valence-corrected chi connectivity index (χ2v) is 6.41. The number of hydrogen-bond acceptors (Lipinski definition) is 4. The molecule has 1 N–H and O–H groups in total. The Kier molecular flexibility index (Phi) is 7.14. The van der Waals surface area contributed by atoms with E-state index in [9.17, 15) is 4.79 Å². The number of hydroxylamine groups is 1. The standard InChI is InChI=1S/C23H22N2O3/c24-17-19-10-14-21(15-11-19)20-12-8-18(9-13-20)5-1-2-6-22(26)25-28-23-7-3-4-16-27-23/h1-2,5-6,8-15,23H,3-4,7,16H2,(H,25,26)/b5-1+,6-2+. The second kappa shape index (κ2) is 10.2. The molecule has 2 aromatic rings. The Morgan fingerprint density at radius 3 is 2.43 bits per heavy atom. The number of carbonyl (C=O) groups excluding carboxylic acids is 1. The predicted octanol–water partition coefficient (Wildman–Crippen LogP) is 4.37. The molecule has 1 heterocycles. The molecule has 0 radical (unpaired) electrons. The van der Waals surface area contributed by atoms with Crippen LogP contribution >= 0.6 is 0 Å². The van der Waals surface area contributed by atoms with Gasteiger partial charge in [-0.1, -0.05) is 54.6 Å². The summed E-state index contributed by atoms with van der Waals surface area (Å²) in [5, 5.41) is 8.86. The maximum atomic E-state index is 11.7.